The van der Waals surface area contributed by atoms with E-state index in [4.69, 9.17) is 5.26 Å². The summed E-state index contributed by atoms with van der Waals surface area (Å²) in [5.74, 6) is -0.303. The van der Waals surface area contributed by atoms with Crippen LogP contribution in [0.5, 0.6) is 0 Å². The predicted molar refractivity (Wildman–Crippen MR) is 73.5 cm³/mol. The first-order chi connectivity index (χ1) is 8.17. The van der Waals surface area contributed by atoms with Gasteiger partial charge in [-0.15, -0.1) is 11.3 Å². The van der Waals surface area contributed by atoms with Crippen molar-refractivity contribution in [1.29, 1.82) is 5.26 Å². The smallest absolute Gasteiger partial charge is 0.261 e. The van der Waals surface area contributed by atoms with Crippen molar-refractivity contribution < 1.29 is 4.79 Å². The Labute approximate surface area is 113 Å². The third-order valence-corrected chi connectivity index (χ3v) is 3.60. The number of nitriles is 1. The maximum absolute atomic E-state index is 11.7. The average Bonchev–Trinajstić information content (AvgIpc) is 2.72. The molecule has 1 rings (SSSR count). The van der Waals surface area contributed by atoms with Gasteiger partial charge in [0.1, 0.15) is 11.6 Å². The van der Waals surface area contributed by atoms with Crippen molar-refractivity contribution in [3.05, 3.63) is 26.4 Å². The zero-order valence-electron chi connectivity index (χ0n) is 9.50. The predicted octanol–water partition coefficient (Wildman–Crippen LogP) is 3.33. The van der Waals surface area contributed by atoms with Crippen LogP contribution in [0.1, 0.15) is 25.3 Å². The molecule has 0 aliphatic heterocycles. The summed E-state index contributed by atoms with van der Waals surface area (Å²) >= 11 is 4.86. The maximum atomic E-state index is 11.7. The highest BCUT2D eigenvalue weighted by molar-refractivity contribution is 9.11. The minimum absolute atomic E-state index is 0.145. The maximum Gasteiger partial charge on any atom is 0.261 e. The third-order valence-electron chi connectivity index (χ3n) is 2.08. The van der Waals surface area contributed by atoms with E-state index in [9.17, 15) is 4.79 Å². The number of hydrogen-bond acceptors (Lipinski definition) is 3. The Hall–Kier alpha value is -1.12. The van der Waals surface area contributed by atoms with Gasteiger partial charge in [0.15, 0.2) is 0 Å². The van der Waals surface area contributed by atoms with Gasteiger partial charge in [-0.05, 0) is 45.4 Å². The molecule has 1 N–H and O–H groups in total. The van der Waals surface area contributed by atoms with Crippen LogP contribution in [0.15, 0.2) is 20.8 Å². The molecule has 17 heavy (non-hydrogen) atoms. The second-order valence-electron chi connectivity index (χ2n) is 3.46. The normalized spacial score (nSPS) is 11.0. The SMILES string of the molecule is CCCCNC(=O)/C(C#N)=C/c1csc(Br)c1. The van der Waals surface area contributed by atoms with Crippen LogP contribution in [0.3, 0.4) is 0 Å². The Kier molecular flexibility index (Phi) is 5.95. The molecule has 90 valence electrons. The highest BCUT2D eigenvalue weighted by atomic mass is 79.9. The second kappa shape index (κ2) is 7.25. The minimum Gasteiger partial charge on any atom is -0.351 e. The first-order valence-electron chi connectivity index (χ1n) is 5.31. The molecule has 0 fully saturated rings. The Bertz CT molecular complexity index is 459. The highest BCUT2D eigenvalue weighted by Crippen LogP contribution is 2.22. The van der Waals surface area contributed by atoms with Crippen LogP contribution in [-0.2, 0) is 4.79 Å². The molecule has 1 aromatic heterocycles. The molecule has 0 aliphatic carbocycles. The van der Waals surface area contributed by atoms with Crippen molar-refractivity contribution in [2.24, 2.45) is 0 Å². The highest BCUT2D eigenvalue weighted by Gasteiger charge is 2.08. The van der Waals surface area contributed by atoms with Crippen molar-refractivity contribution in [3.8, 4) is 6.07 Å². The lowest BCUT2D eigenvalue weighted by molar-refractivity contribution is -0.117. The number of carbonyl (C=O) groups excluding carboxylic acids is 1. The molecule has 0 aliphatic rings. The monoisotopic (exact) mass is 312 g/mol. The lowest BCUT2D eigenvalue weighted by Crippen LogP contribution is -2.25. The molecule has 0 unspecified atom stereocenters. The van der Waals surface area contributed by atoms with Crippen LogP contribution < -0.4 is 5.32 Å². The zero-order valence-corrected chi connectivity index (χ0v) is 11.9. The fourth-order valence-electron chi connectivity index (χ4n) is 1.19. The van der Waals surface area contributed by atoms with Crippen molar-refractivity contribution in [3.63, 3.8) is 0 Å². The molecule has 1 heterocycles. The molecule has 0 saturated carbocycles. The summed E-state index contributed by atoms with van der Waals surface area (Å²) in [6, 6.07) is 3.80. The quantitative estimate of drug-likeness (QED) is 0.515. The molecule has 3 nitrogen and oxygen atoms in total. The summed E-state index contributed by atoms with van der Waals surface area (Å²) in [6.07, 6.45) is 3.54. The number of thiophene rings is 1. The van der Waals surface area contributed by atoms with E-state index in [1.165, 1.54) is 11.3 Å². The fraction of sp³-hybridized carbons (Fsp3) is 0.333. The molecular formula is C12H13BrN2OS. The number of nitrogens with zero attached hydrogens (tertiary/aromatic N) is 1. The largest absolute Gasteiger partial charge is 0.351 e. The lowest BCUT2D eigenvalue weighted by Gasteiger charge is -2.01. The first kappa shape index (κ1) is 13.9. The van der Waals surface area contributed by atoms with E-state index in [1.54, 1.807) is 6.08 Å². The number of hydrogen-bond donors (Lipinski definition) is 1. The molecule has 0 aromatic carbocycles. The van der Waals surface area contributed by atoms with Gasteiger partial charge >= 0.3 is 0 Å². The molecule has 0 bridgehead atoms. The molecule has 0 atom stereocenters. The van der Waals surface area contributed by atoms with Gasteiger partial charge in [0.25, 0.3) is 5.91 Å². The summed E-state index contributed by atoms with van der Waals surface area (Å²) < 4.78 is 0.979. The molecule has 5 heteroatoms. The van der Waals surface area contributed by atoms with Gasteiger partial charge in [-0.2, -0.15) is 5.26 Å². The number of nitrogens with one attached hydrogen (secondary N) is 1. The van der Waals surface area contributed by atoms with Crippen molar-refractivity contribution in [2.75, 3.05) is 6.54 Å². The minimum atomic E-state index is -0.303. The Morgan fingerprint density at radius 3 is 3.00 bits per heavy atom. The second-order valence-corrected chi connectivity index (χ2v) is 5.75. The summed E-state index contributed by atoms with van der Waals surface area (Å²) in [6.45, 7) is 2.66. The van der Waals surface area contributed by atoms with Crippen LogP contribution >= 0.6 is 27.3 Å². The fourth-order valence-corrected chi connectivity index (χ4v) is 2.32. The van der Waals surface area contributed by atoms with E-state index in [2.05, 4.69) is 28.2 Å². The van der Waals surface area contributed by atoms with Gasteiger partial charge in [-0.3, -0.25) is 4.79 Å². The van der Waals surface area contributed by atoms with Gasteiger partial charge in [0, 0.05) is 6.54 Å². The van der Waals surface area contributed by atoms with Crippen LogP contribution in [0.2, 0.25) is 0 Å². The van der Waals surface area contributed by atoms with Gasteiger partial charge < -0.3 is 5.32 Å². The number of carbonyl (C=O) groups is 1. The van der Waals surface area contributed by atoms with Crippen molar-refractivity contribution >= 4 is 39.2 Å². The van der Waals surface area contributed by atoms with Gasteiger partial charge in [0.05, 0.1) is 3.79 Å². The molecule has 0 saturated heterocycles. The Morgan fingerprint density at radius 1 is 1.71 bits per heavy atom. The van der Waals surface area contributed by atoms with E-state index < -0.39 is 0 Å². The molecule has 0 radical (unpaired) electrons. The Morgan fingerprint density at radius 2 is 2.47 bits per heavy atom. The van der Waals surface area contributed by atoms with E-state index in [0.29, 0.717) is 6.54 Å². The van der Waals surface area contributed by atoms with Gasteiger partial charge in [0.2, 0.25) is 0 Å². The van der Waals surface area contributed by atoms with Crippen molar-refractivity contribution in [2.45, 2.75) is 19.8 Å². The summed E-state index contributed by atoms with van der Waals surface area (Å²) in [5, 5.41) is 13.5. The average molecular weight is 313 g/mol. The third kappa shape index (κ3) is 4.72. The Balaban J connectivity index is 2.68. The lowest BCUT2D eigenvalue weighted by atomic mass is 10.2. The molecular weight excluding hydrogens is 300 g/mol. The van der Waals surface area contributed by atoms with Crippen LogP contribution in [-0.4, -0.2) is 12.5 Å². The van der Waals surface area contributed by atoms with Crippen molar-refractivity contribution in [1.82, 2.24) is 5.32 Å². The van der Waals surface area contributed by atoms with E-state index >= 15 is 0 Å². The number of amides is 1. The van der Waals surface area contributed by atoms with E-state index in [1.807, 2.05) is 17.5 Å². The molecule has 0 spiro atoms. The number of rotatable bonds is 5. The summed E-state index contributed by atoms with van der Waals surface area (Å²) in [7, 11) is 0. The van der Waals surface area contributed by atoms with Crippen LogP contribution in [0.4, 0.5) is 0 Å². The summed E-state index contributed by atoms with van der Waals surface area (Å²) in [4.78, 5) is 11.7. The van der Waals surface area contributed by atoms with E-state index in [0.717, 1.165) is 22.2 Å². The van der Waals surface area contributed by atoms with Crippen LogP contribution in [0.25, 0.3) is 6.08 Å². The standard InChI is InChI=1S/C12H13BrN2OS/c1-2-3-4-15-12(16)10(7-14)5-9-6-11(13)17-8-9/h5-6,8H,2-4H2,1H3,(H,15,16)/b10-5+. The van der Waals surface area contributed by atoms with Gasteiger partial charge in [-0.1, -0.05) is 13.3 Å². The summed E-state index contributed by atoms with van der Waals surface area (Å²) in [5.41, 5.74) is 1.01. The van der Waals surface area contributed by atoms with Crippen LogP contribution in [0, 0.1) is 11.3 Å². The first-order valence-corrected chi connectivity index (χ1v) is 6.98. The topological polar surface area (TPSA) is 52.9 Å². The number of halogens is 1. The van der Waals surface area contributed by atoms with E-state index in [-0.39, 0.29) is 11.5 Å². The zero-order chi connectivity index (χ0) is 12.7. The molecule has 1 amide bonds. The molecule has 1 aromatic rings. The number of unbranched alkanes of at least 4 members (excludes halogenated alkanes) is 1. The van der Waals surface area contributed by atoms with Gasteiger partial charge in [-0.25, -0.2) is 0 Å².